The summed E-state index contributed by atoms with van der Waals surface area (Å²) in [6.07, 6.45) is 1.19. The summed E-state index contributed by atoms with van der Waals surface area (Å²) in [5, 5.41) is 3.72. The summed E-state index contributed by atoms with van der Waals surface area (Å²) in [5.74, 6) is 0.621. The zero-order valence-electron chi connectivity index (χ0n) is 13.1. The van der Waals surface area contributed by atoms with Crippen molar-refractivity contribution in [2.24, 2.45) is 5.92 Å². The van der Waals surface area contributed by atoms with E-state index in [-0.39, 0.29) is 0 Å². The molecule has 0 saturated heterocycles. The lowest BCUT2D eigenvalue weighted by Crippen LogP contribution is -2.28. The topological polar surface area (TPSA) is 12.0 Å². The Kier molecular flexibility index (Phi) is 5.40. The van der Waals surface area contributed by atoms with Gasteiger partial charge in [0.2, 0.25) is 0 Å². The van der Waals surface area contributed by atoms with Gasteiger partial charge >= 0.3 is 0 Å². The molecule has 1 atom stereocenters. The number of rotatable bonds is 5. The maximum Gasteiger partial charge on any atom is 0.0348 e. The fourth-order valence-corrected chi connectivity index (χ4v) is 2.68. The second-order valence-corrected chi connectivity index (χ2v) is 5.85. The molecule has 1 heteroatoms. The van der Waals surface area contributed by atoms with Gasteiger partial charge in [0.1, 0.15) is 0 Å². The minimum Gasteiger partial charge on any atom is -0.310 e. The number of benzene rings is 1. The second kappa shape index (κ2) is 6.38. The Morgan fingerprint density at radius 3 is 1.89 bits per heavy atom. The molecule has 1 N–H and O–H groups in total. The Balaban J connectivity index is 3.26. The summed E-state index contributed by atoms with van der Waals surface area (Å²) in [7, 11) is 0. The van der Waals surface area contributed by atoms with Gasteiger partial charge in [-0.1, -0.05) is 26.8 Å². The number of hydrogen-bond acceptors (Lipinski definition) is 1. The lowest BCUT2D eigenvalue weighted by molar-refractivity contribution is 0.409. The van der Waals surface area contributed by atoms with Crippen molar-refractivity contribution in [2.75, 3.05) is 6.54 Å². The van der Waals surface area contributed by atoms with E-state index in [2.05, 4.69) is 59.8 Å². The van der Waals surface area contributed by atoms with Gasteiger partial charge in [-0.05, 0) is 74.4 Å². The van der Waals surface area contributed by atoms with Crippen LogP contribution in [0.3, 0.4) is 0 Å². The van der Waals surface area contributed by atoms with Crippen molar-refractivity contribution in [3.05, 3.63) is 33.9 Å². The number of aryl methyl sites for hydroxylation is 2. The Hall–Kier alpha value is -0.820. The Morgan fingerprint density at radius 2 is 1.50 bits per heavy atom. The monoisotopic (exact) mass is 247 g/mol. The van der Waals surface area contributed by atoms with E-state index in [0.717, 1.165) is 6.54 Å². The fourth-order valence-electron chi connectivity index (χ4n) is 2.68. The summed E-state index contributed by atoms with van der Waals surface area (Å²) < 4.78 is 0. The van der Waals surface area contributed by atoms with Crippen LogP contribution >= 0.6 is 0 Å². The van der Waals surface area contributed by atoms with Gasteiger partial charge in [0.25, 0.3) is 0 Å². The van der Waals surface area contributed by atoms with E-state index < -0.39 is 0 Å². The van der Waals surface area contributed by atoms with Crippen LogP contribution in [0.15, 0.2) is 6.07 Å². The number of nitrogens with one attached hydrogen (secondary N) is 1. The van der Waals surface area contributed by atoms with Crippen molar-refractivity contribution in [3.8, 4) is 0 Å². The molecule has 0 aliphatic heterocycles. The van der Waals surface area contributed by atoms with Gasteiger partial charge in [-0.2, -0.15) is 0 Å². The highest BCUT2D eigenvalue weighted by molar-refractivity contribution is 5.45. The van der Waals surface area contributed by atoms with E-state index in [1.165, 1.54) is 34.2 Å². The van der Waals surface area contributed by atoms with Crippen LogP contribution in [0.5, 0.6) is 0 Å². The van der Waals surface area contributed by atoms with Crippen LogP contribution in [0, 0.1) is 33.6 Å². The van der Waals surface area contributed by atoms with Crippen LogP contribution < -0.4 is 5.32 Å². The SMILES string of the molecule is CCCNC(c1c(C)c(C)cc(C)c1C)C(C)C. The summed E-state index contributed by atoms with van der Waals surface area (Å²) in [6, 6.07) is 2.79. The van der Waals surface area contributed by atoms with Crippen LogP contribution in [-0.2, 0) is 0 Å². The van der Waals surface area contributed by atoms with Gasteiger partial charge in [0.05, 0.1) is 0 Å². The highest BCUT2D eigenvalue weighted by atomic mass is 14.9. The molecule has 0 aliphatic rings. The van der Waals surface area contributed by atoms with E-state index in [4.69, 9.17) is 0 Å². The average molecular weight is 247 g/mol. The van der Waals surface area contributed by atoms with Gasteiger partial charge in [-0.25, -0.2) is 0 Å². The zero-order valence-corrected chi connectivity index (χ0v) is 13.1. The van der Waals surface area contributed by atoms with E-state index in [1.54, 1.807) is 0 Å². The molecular formula is C17H29N. The molecule has 0 fully saturated rings. The van der Waals surface area contributed by atoms with E-state index in [9.17, 15) is 0 Å². The molecule has 0 radical (unpaired) electrons. The van der Waals surface area contributed by atoms with Crippen molar-refractivity contribution in [3.63, 3.8) is 0 Å². The molecular weight excluding hydrogens is 218 g/mol. The van der Waals surface area contributed by atoms with E-state index in [1.807, 2.05) is 0 Å². The van der Waals surface area contributed by atoms with Gasteiger partial charge in [-0.15, -0.1) is 0 Å². The highest BCUT2D eigenvalue weighted by Crippen LogP contribution is 2.31. The first kappa shape index (κ1) is 15.2. The van der Waals surface area contributed by atoms with Crippen LogP contribution in [-0.4, -0.2) is 6.54 Å². The second-order valence-electron chi connectivity index (χ2n) is 5.85. The van der Waals surface area contributed by atoms with Crippen LogP contribution in [0.25, 0.3) is 0 Å². The highest BCUT2D eigenvalue weighted by Gasteiger charge is 2.20. The number of hydrogen-bond donors (Lipinski definition) is 1. The smallest absolute Gasteiger partial charge is 0.0348 e. The Morgan fingerprint density at radius 1 is 1.00 bits per heavy atom. The summed E-state index contributed by atoms with van der Waals surface area (Å²) in [6.45, 7) is 16.9. The molecule has 0 aromatic heterocycles. The quantitative estimate of drug-likeness (QED) is 0.800. The zero-order chi connectivity index (χ0) is 13.9. The molecule has 102 valence electrons. The van der Waals surface area contributed by atoms with Crippen molar-refractivity contribution in [1.29, 1.82) is 0 Å². The summed E-state index contributed by atoms with van der Waals surface area (Å²) >= 11 is 0. The first-order chi connectivity index (χ1) is 8.40. The maximum atomic E-state index is 3.72. The average Bonchev–Trinajstić information content (AvgIpc) is 2.30. The minimum absolute atomic E-state index is 0.476. The Labute approximate surface area is 113 Å². The first-order valence-corrected chi connectivity index (χ1v) is 7.20. The molecule has 1 unspecified atom stereocenters. The molecule has 0 aliphatic carbocycles. The largest absolute Gasteiger partial charge is 0.310 e. The van der Waals surface area contributed by atoms with Gasteiger partial charge in [-0.3, -0.25) is 0 Å². The first-order valence-electron chi connectivity index (χ1n) is 7.20. The molecule has 1 rings (SSSR count). The molecule has 0 saturated carbocycles. The van der Waals surface area contributed by atoms with Crippen LogP contribution in [0.1, 0.15) is 61.1 Å². The minimum atomic E-state index is 0.476. The lowest BCUT2D eigenvalue weighted by atomic mass is 9.85. The van der Waals surface area contributed by atoms with Crippen molar-refractivity contribution < 1.29 is 0 Å². The molecule has 18 heavy (non-hydrogen) atoms. The molecule has 0 bridgehead atoms. The van der Waals surface area contributed by atoms with Crippen LogP contribution in [0.4, 0.5) is 0 Å². The maximum absolute atomic E-state index is 3.72. The van der Waals surface area contributed by atoms with Gasteiger partial charge < -0.3 is 5.32 Å². The fraction of sp³-hybridized carbons (Fsp3) is 0.647. The van der Waals surface area contributed by atoms with Crippen LogP contribution in [0.2, 0.25) is 0 Å². The van der Waals surface area contributed by atoms with Gasteiger partial charge in [0, 0.05) is 6.04 Å². The van der Waals surface area contributed by atoms with Gasteiger partial charge in [0.15, 0.2) is 0 Å². The Bertz CT molecular complexity index is 378. The predicted molar refractivity (Wildman–Crippen MR) is 81.3 cm³/mol. The third-order valence-corrected chi connectivity index (χ3v) is 4.02. The molecule has 0 amide bonds. The molecule has 1 aromatic carbocycles. The molecule has 0 spiro atoms. The normalized spacial score (nSPS) is 13.1. The summed E-state index contributed by atoms with van der Waals surface area (Å²) in [4.78, 5) is 0. The van der Waals surface area contributed by atoms with E-state index >= 15 is 0 Å². The van der Waals surface area contributed by atoms with Crippen molar-refractivity contribution in [1.82, 2.24) is 5.32 Å². The van der Waals surface area contributed by atoms with Crippen molar-refractivity contribution >= 4 is 0 Å². The predicted octanol–water partition coefficient (Wildman–Crippen LogP) is 4.62. The third-order valence-electron chi connectivity index (χ3n) is 4.02. The van der Waals surface area contributed by atoms with E-state index in [0.29, 0.717) is 12.0 Å². The standard InChI is InChI=1S/C17H29N/c1-8-9-18-17(11(2)3)16-14(6)12(4)10-13(5)15(16)7/h10-11,17-18H,8-9H2,1-7H3. The molecule has 1 aromatic rings. The molecule has 1 nitrogen and oxygen atoms in total. The third kappa shape index (κ3) is 3.14. The summed E-state index contributed by atoms with van der Waals surface area (Å²) in [5.41, 5.74) is 7.27. The molecule has 0 heterocycles. The lowest BCUT2D eigenvalue weighted by Gasteiger charge is -2.28. The van der Waals surface area contributed by atoms with Crippen molar-refractivity contribution in [2.45, 2.75) is 60.9 Å².